The molecule has 18 heavy (non-hydrogen) atoms. The van der Waals surface area contributed by atoms with E-state index in [0.29, 0.717) is 19.1 Å². The molecule has 0 spiro atoms. The zero-order chi connectivity index (χ0) is 13.3. The molecular weight excluding hydrogens is 234 g/mol. The van der Waals surface area contributed by atoms with Crippen molar-refractivity contribution in [1.82, 2.24) is 19.3 Å². The minimum Gasteiger partial charge on any atom is -0.382 e. The standard InChI is InChI=1S/C11H19N5O2/c1-7-9-10(15(2)14-7)16(11(12)13-9)5-8(18-4)6-17-3/h8H,5-6H2,1-4H3,(H2,12,13). The number of fused-ring (bicyclic) bond motifs is 1. The third-order valence-corrected chi connectivity index (χ3v) is 2.99. The predicted octanol–water partition coefficient (Wildman–Crippen LogP) is 0.322. The first kappa shape index (κ1) is 12.8. The molecule has 2 aromatic rings. The van der Waals surface area contributed by atoms with Gasteiger partial charge in [-0.1, -0.05) is 0 Å². The Bertz CT molecular complexity index is 545. The van der Waals surface area contributed by atoms with Crippen LogP contribution < -0.4 is 5.73 Å². The summed E-state index contributed by atoms with van der Waals surface area (Å²) in [7, 11) is 5.18. The highest BCUT2D eigenvalue weighted by atomic mass is 16.5. The van der Waals surface area contributed by atoms with Crippen LogP contribution in [0.4, 0.5) is 5.95 Å². The van der Waals surface area contributed by atoms with E-state index in [1.165, 1.54) is 0 Å². The van der Waals surface area contributed by atoms with Gasteiger partial charge in [-0.3, -0.25) is 9.25 Å². The van der Waals surface area contributed by atoms with Gasteiger partial charge in [-0.05, 0) is 6.92 Å². The lowest BCUT2D eigenvalue weighted by Crippen LogP contribution is -2.25. The van der Waals surface area contributed by atoms with E-state index in [0.717, 1.165) is 16.9 Å². The number of aryl methyl sites for hydroxylation is 2. The second-order valence-electron chi connectivity index (χ2n) is 4.27. The molecule has 0 bridgehead atoms. The summed E-state index contributed by atoms with van der Waals surface area (Å²) in [5.74, 6) is 0.472. The maximum Gasteiger partial charge on any atom is 0.202 e. The minimum absolute atomic E-state index is 0.0649. The Labute approximate surface area is 105 Å². The van der Waals surface area contributed by atoms with E-state index in [9.17, 15) is 0 Å². The lowest BCUT2D eigenvalue weighted by molar-refractivity contribution is 0.0191. The fraction of sp³-hybridized carbons (Fsp3) is 0.636. The van der Waals surface area contributed by atoms with E-state index in [1.807, 2.05) is 18.5 Å². The maximum atomic E-state index is 5.95. The summed E-state index contributed by atoms with van der Waals surface area (Å²) in [6.45, 7) is 3.01. The molecule has 0 radical (unpaired) electrons. The number of ether oxygens (including phenoxy) is 2. The van der Waals surface area contributed by atoms with Crippen molar-refractivity contribution in [2.45, 2.75) is 19.6 Å². The van der Waals surface area contributed by atoms with Gasteiger partial charge in [0.15, 0.2) is 5.65 Å². The van der Waals surface area contributed by atoms with Crippen molar-refractivity contribution in [3.63, 3.8) is 0 Å². The molecule has 7 heteroatoms. The van der Waals surface area contributed by atoms with E-state index in [1.54, 1.807) is 18.9 Å². The molecule has 1 unspecified atom stereocenters. The number of nitrogen functional groups attached to an aromatic ring is 1. The number of nitrogens with zero attached hydrogens (tertiary/aromatic N) is 4. The molecule has 2 aromatic heterocycles. The summed E-state index contributed by atoms with van der Waals surface area (Å²) in [5.41, 5.74) is 8.56. The molecular formula is C11H19N5O2. The summed E-state index contributed by atoms with van der Waals surface area (Å²) in [6, 6.07) is 0. The number of nitrogens with two attached hydrogens (primary N) is 1. The van der Waals surface area contributed by atoms with E-state index in [2.05, 4.69) is 10.1 Å². The molecule has 100 valence electrons. The van der Waals surface area contributed by atoms with Crippen LogP contribution in [-0.4, -0.2) is 46.3 Å². The molecule has 2 rings (SSSR count). The number of methoxy groups -OCH3 is 2. The average molecular weight is 253 g/mol. The van der Waals surface area contributed by atoms with Crippen molar-refractivity contribution >= 4 is 17.1 Å². The number of imidazole rings is 1. The third kappa shape index (κ3) is 2.06. The molecule has 0 saturated carbocycles. The second-order valence-corrected chi connectivity index (χ2v) is 4.27. The summed E-state index contributed by atoms with van der Waals surface area (Å²) in [6.07, 6.45) is -0.0649. The smallest absolute Gasteiger partial charge is 0.202 e. The molecule has 0 saturated heterocycles. The first-order chi connectivity index (χ1) is 8.58. The van der Waals surface area contributed by atoms with E-state index in [4.69, 9.17) is 15.2 Å². The molecule has 1 atom stereocenters. The van der Waals surface area contributed by atoms with Gasteiger partial charge in [0, 0.05) is 21.3 Å². The highest BCUT2D eigenvalue weighted by molar-refractivity contribution is 5.77. The molecule has 2 N–H and O–H groups in total. The first-order valence-electron chi connectivity index (χ1n) is 5.75. The van der Waals surface area contributed by atoms with Gasteiger partial charge in [-0.25, -0.2) is 4.98 Å². The van der Waals surface area contributed by atoms with E-state index >= 15 is 0 Å². The van der Waals surface area contributed by atoms with Crippen molar-refractivity contribution in [1.29, 1.82) is 0 Å². The number of rotatable bonds is 5. The van der Waals surface area contributed by atoms with Crippen LogP contribution in [0.25, 0.3) is 11.2 Å². The van der Waals surface area contributed by atoms with Crippen LogP contribution in [0.1, 0.15) is 5.69 Å². The van der Waals surface area contributed by atoms with Gasteiger partial charge in [0.05, 0.1) is 24.9 Å². The molecule has 7 nitrogen and oxygen atoms in total. The van der Waals surface area contributed by atoms with Crippen LogP contribution in [0.5, 0.6) is 0 Å². The van der Waals surface area contributed by atoms with Crippen LogP contribution >= 0.6 is 0 Å². The largest absolute Gasteiger partial charge is 0.382 e. The highest BCUT2D eigenvalue weighted by Gasteiger charge is 2.18. The summed E-state index contributed by atoms with van der Waals surface area (Å²) >= 11 is 0. The predicted molar refractivity (Wildman–Crippen MR) is 68.3 cm³/mol. The molecule has 0 fully saturated rings. The van der Waals surface area contributed by atoms with Crippen LogP contribution in [0, 0.1) is 6.92 Å². The SMILES string of the molecule is COCC(Cn1c(N)nc2c(C)nn(C)c21)OC. The summed E-state index contributed by atoms with van der Waals surface area (Å²) in [5, 5.41) is 4.34. The second kappa shape index (κ2) is 4.95. The normalized spacial score (nSPS) is 13.3. The Hall–Kier alpha value is -1.60. The average Bonchev–Trinajstić information content (AvgIpc) is 2.78. The monoisotopic (exact) mass is 253 g/mol. The molecule has 2 heterocycles. The lowest BCUT2D eigenvalue weighted by atomic mass is 10.3. The lowest BCUT2D eigenvalue weighted by Gasteiger charge is -2.16. The molecule has 0 aliphatic carbocycles. The van der Waals surface area contributed by atoms with Gasteiger partial charge in [-0.2, -0.15) is 5.10 Å². The van der Waals surface area contributed by atoms with Crippen molar-refractivity contribution in [2.24, 2.45) is 7.05 Å². The summed E-state index contributed by atoms with van der Waals surface area (Å²) < 4.78 is 14.2. The number of anilines is 1. The zero-order valence-electron chi connectivity index (χ0n) is 11.2. The van der Waals surface area contributed by atoms with Crippen LogP contribution in [0.2, 0.25) is 0 Å². The Balaban J connectivity index is 2.40. The Morgan fingerprint density at radius 3 is 2.72 bits per heavy atom. The van der Waals surface area contributed by atoms with E-state index < -0.39 is 0 Å². The van der Waals surface area contributed by atoms with Crippen LogP contribution in [0.15, 0.2) is 0 Å². The van der Waals surface area contributed by atoms with Crippen molar-refractivity contribution in [3.05, 3.63) is 5.69 Å². The Morgan fingerprint density at radius 2 is 2.11 bits per heavy atom. The zero-order valence-corrected chi connectivity index (χ0v) is 11.2. The number of hydrogen-bond donors (Lipinski definition) is 1. The van der Waals surface area contributed by atoms with Gasteiger partial charge < -0.3 is 15.2 Å². The fourth-order valence-electron chi connectivity index (χ4n) is 2.12. The molecule has 0 aliphatic heterocycles. The van der Waals surface area contributed by atoms with Gasteiger partial charge in [-0.15, -0.1) is 0 Å². The van der Waals surface area contributed by atoms with E-state index in [-0.39, 0.29) is 6.10 Å². The number of aromatic nitrogens is 4. The van der Waals surface area contributed by atoms with Crippen LogP contribution in [-0.2, 0) is 23.1 Å². The van der Waals surface area contributed by atoms with Crippen LogP contribution in [0.3, 0.4) is 0 Å². The number of hydrogen-bond acceptors (Lipinski definition) is 5. The van der Waals surface area contributed by atoms with Gasteiger partial charge in [0.2, 0.25) is 5.95 Å². The third-order valence-electron chi connectivity index (χ3n) is 2.99. The minimum atomic E-state index is -0.0649. The van der Waals surface area contributed by atoms with Crippen molar-refractivity contribution < 1.29 is 9.47 Å². The summed E-state index contributed by atoms with van der Waals surface area (Å²) in [4.78, 5) is 4.34. The fourth-order valence-corrected chi connectivity index (χ4v) is 2.12. The maximum absolute atomic E-state index is 5.95. The molecule has 0 amide bonds. The van der Waals surface area contributed by atoms with Gasteiger partial charge in [0.1, 0.15) is 5.52 Å². The molecule has 0 aliphatic rings. The first-order valence-corrected chi connectivity index (χ1v) is 5.75. The highest BCUT2D eigenvalue weighted by Crippen LogP contribution is 2.20. The van der Waals surface area contributed by atoms with Crippen molar-refractivity contribution in [2.75, 3.05) is 26.6 Å². The topological polar surface area (TPSA) is 80.1 Å². The Kier molecular flexibility index (Phi) is 3.53. The van der Waals surface area contributed by atoms with Gasteiger partial charge in [0.25, 0.3) is 0 Å². The molecule has 0 aromatic carbocycles. The van der Waals surface area contributed by atoms with Gasteiger partial charge >= 0.3 is 0 Å². The van der Waals surface area contributed by atoms with Crippen molar-refractivity contribution in [3.8, 4) is 0 Å². The Morgan fingerprint density at radius 1 is 1.39 bits per heavy atom. The quantitative estimate of drug-likeness (QED) is 0.830.